The molecule has 22 heavy (non-hydrogen) atoms. The molecule has 116 valence electrons. The van der Waals surface area contributed by atoms with Crippen molar-refractivity contribution in [1.29, 1.82) is 5.41 Å². The highest BCUT2D eigenvalue weighted by Gasteiger charge is 2.18. The van der Waals surface area contributed by atoms with Gasteiger partial charge in [0.05, 0.1) is 17.2 Å². The largest absolute Gasteiger partial charge is 0.493 e. The van der Waals surface area contributed by atoms with Crippen molar-refractivity contribution in [3.63, 3.8) is 0 Å². The number of aromatic nitrogens is 1. The summed E-state index contributed by atoms with van der Waals surface area (Å²) >= 11 is 12.3. The predicted molar refractivity (Wildman–Crippen MR) is 88.6 cm³/mol. The van der Waals surface area contributed by atoms with Gasteiger partial charge in [-0.3, -0.25) is 4.98 Å². The number of hydrogen-bond acceptors (Lipinski definition) is 5. The van der Waals surface area contributed by atoms with E-state index in [2.05, 4.69) is 4.98 Å². The molecule has 0 saturated heterocycles. The van der Waals surface area contributed by atoms with Crippen molar-refractivity contribution in [3.05, 3.63) is 45.7 Å². The Bertz CT molecular complexity index is 687. The minimum absolute atomic E-state index is 0.418. The molecule has 0 aliphatic carbocycles. The zero-order chi connectivity index (χ0) is 16.3. The van der Waals surface area contributed by atoms with Crippen LogP contribution in [0.3, 0.4) is 0 Å². The summed E-state index contributed by atoms with van der Waals surface area (Å²) in [6.07, 6.45) is 3.73. The zero-order valence-electron chi connectivity index (χ0n) is 12.1. The van der Waals surface area contributed by atoms with Crippen LogP contribution in [-0.2, 0) is 0 Å². The van der Waals surface area contributed by atoms with E-state index in [0.29, 0.717) is 38.4 Å². The van der Waals surface area contributed by atoms with Gasteiger partial charge in [-0.25, -0.2) is 0 Å². The summed E-state index contributed by atoms with van der Waals surface area (Å²) in [5.41, 5.74) is 7.44. The SMILES string of the molecule is COc1cc(N)c(C=N)cc1O[C@H](C)c1c(Cl)cncc1Cl. The maximum atomic E-state index is 7.37. The van der Waals surface area contributed by atoms with Crippen LogP contribution in [0.5, 0.6) is 11.5 Å². The summed E-state index contributed by atoms with van der Waals surface area (Å²) in [5.74, 6) is 0.919. The molecule has 1 aromatic carbocycles. The number of nitrogens with two attached hydrogens (primary N) is 1. The van der Waals surface area contributed by atoms with Crippen LogP contribution in [-0.4, -0.2) is 18.3 Å². The number of benzene rings is 1. The van der Waals surface area contributed by atoms with Gasteiger partial charge >= 0.3 is 0 Å². The highest BCUT2D eigenvalue weighted by molar-refractivity contribution is 6.35. The molecule has 3 N–H and O–H groups in total. The molecule has 2 aromatic rings. The molecule has 5 nitrogen and oxygen atoms in total. The second-order valence-electron chi connectivity index (χ2n) is 4.55. The topological polar surface area (TPSA) is 81.2 Å². The first-order valence-corrected chi connectivity index (χ1v) is 7.17. The second kappa shape index (κ2) is 6.85. The zero-order valence-corrected chi connectivity index (χ0v) is 13.6. The second-order valence-corrected chi connectivity index (χ2v) is 5.37. The molecular formula is C15H15Cl2N3O2. The third kappa shape index (κ3) is 3.26. The van der Waals surface area contributed by atoms with E-state index in [1.807, 2.05) is 6.92 Å². The maximum absolute atomic E-state index is 7.37. The van der Waals surface area contributed by atoms with Crippen LogP contribution < -0.4 is 15.2 Å². The van der Waals surface area contributed by atoms with E-state index < -0.39 is 6.10 Å². The predicted octanol–water partition coefficient (Wildman–Crippen LogP) is 4.12. The van der Waals surface area contributed by atoms with Crippen molar-refractivity contribution < 1.29 is 9.47 Å². The van der Waals surface area contributed by atoms with Gasteiger partial charge in [-0.1, -0.05) is 23.2 Å². The van der Waals surface area contributed by atoms with Gasteiger partial charge in [-0.05, 0) is 13.0 Å². The minimum Gasteiger partial charge on any atom is -0.493 e. The van der Waals surface area contributed by atoms with E-state index >= 15 is 0 Å². The summed E-state index contributed by atoms with van der Waals surface area (Å²) in [7, 11) is 1.52. The van der Waals surface area contributed by atoms with E-state index in [-0.39, 0.29) is 0 Å². The van der Waals surface area contributed by atoms with E-state index in [9.17, 15) is 0 Å². The van der Waals surface area contributed by atoms with Gasteiger partial charge < -0.3 is 20.6 Å². The number of halogens is 2. The molecule has 0 aliphatic heterocycles. The standard InChI is InChI=1S/C15H15Cl2N3O2/c1-8(15-10(16)6-20-7-11(15)17)22-14-3-9(5-18)12(19)4-13(14)21-2/h3-8,18H,19H2,1-2H3/t8-/m1/s1. The maximum Gasteiger partial charge on any atom is 0.162 e. The van der Waals surface area contributed by atoms with Gasteiger partial charge in [0.2, 0.25) is 0 Å². The molecule has 0 unspecified atom stereocenters. The average molecular weight is 340 g/mol. The van der Waals surface area contributed by atoms with Gasteiger partial charge in [-0.2, -0.15) is 0 Å². The first-order chi connectivity index (χ1) is 10.5. The molecule has 0 aliphatic rings. The fraction of sp³-hybridized carbons (Fsp3) is 0.200. The quantitative estimate of drug-likeness (QED) is 0.634. The van der Waals surface area contributed by atoms with Crippen LogP contribution >= 0.6 is 23.2 Å². The lowest BCUT2D eigenvalue weighted by atomic mass is 10.1. The molecule has 1 heterocycles. The van der Waals surface area contributed by atoms with Crippen LogP contribution in [0.1, 0.15) is 24.2 Å². The van der Waals surface area contributed by atoms with Crippen molar-refractivity contribution in [3.8, 4) is 11.5 Å². The van der Waals surface area contributed by atoms with Crippen molar-refractivity contribution in [2.75, 3.05) is 12.8 Å². The lowest BCUT2D eigenvalue weighted by molar-refractivity contribution is 0.216. The minimum atomic E-state index is -0.431. The molecule has 2 rings (SSSR count). The van der Waals surface area contributed by atoms with Gasteiger partial charge in [0.1, 0.15) is 6.10 Å². The Morgan fingerprint density at radius 1 is 1.23 bits per heavy atom. The Morgan fingerprint density at radius 3 is 2.41 bits per heavy atom. The molecule has 7 heteroatoms. The highest BCUT2D eigenvalue weighted by Crippen LogP contribution is 2.37. The Labute approximate surface area is 138 Å². The summed E-state index contributed by atoms with van der Waals surface area (Å²) in [5, 5.41) is 8.21. The van der Waals surface area contributed by atoms with Gasteiger partial charge in [0.15, 0.2) is 11.5 Å². The lowest BCUT2D eigenvalue weighted by Gasteiger charge is -2.20. The Morgan fingerprint density at radius 2 is 1.86 bits per heavy atom. The van der Waals surface area contributed by atoms with Crippen molar-refractivity contribution in [2.45, 2.75) is 13.0 Å². The number of pyridine rings is 1. The Hall–Kier alpha value is -1.98. The molecule has 1 atom stereocenters. The molecule has 0 saturated carbocycles. The normalized spacial score (nSPS) is 11.8. The van der Waals surface area contributed by atoms with Gasteiger partial charge in [0, 0.05) is 41.5 Å². The number of ether oxygens (including phenoxy) is 2. The van der Waals surface area contributed by atoms with Crippen molar-refractivity contribution in [2.24, 2.45) is 0 Å². The van der Waals surface area contributed by atoms with E-state index in [4.69, 9.17) is 43.8 Å². The smallest absolute Gasteiger partial charge is 0.162 e. The molecule has 0 fully saturated rings. The van der Waals surface area contributed by atoms with E-state index in [1.54, 1.807) is 12.1 Å². The fourth-order valence-electron chi connectivity index (χ4n) is 2.03. The molecule has 0 bridgehead atoms. The number of anilines is 1. The van der Waals surface area contributed by atoms with Crippen LogP contribution in [0.2, 0.25) is 10.0 Å². The number of nitrogens with zero attached hydrogens (tertiary/aromatic N) is 1. The van der Waals surface area contributed by atoms with Crippen molar-refractivity contribution in [1.82, 2.24) is 4.98 Å². The first-order valence-electron chi connectivity index (χ1n) is 6.41. The van der Waals surface area contributed by atoms with E-state index in [0.717, 1.165) is 6.21 Å². The molecule has 0 amide bonds. The third-order valence-electron chi connectivity index (χ3n) is 3.13. The van der Waals surface area contributed by atoms with E-state index in [1.165, 1.54) is 19.5 Å². The fourth-order valence-corrected chi connectivity index (χ4v) is 2.70. The van der Waals surface area contributed by atoms with Crippen LogP contribution in [0, 0.1) is 5.41 Å². The van der Waals surface area contributed by atoms with Crippen LogP contribution in [0.25, 0.3) is 0 Å². The highest BCUT2D eigenvalue weighted by atomic mass is 35.5. The first kappa shape index (κ1) is 16.4. The Balaban J connectivity index is 2.39. The van der Waals surface area contributed by atoms with Crippen LogP contribution in [0.4, 0.5) is 5.69 Å². The average Bonchev–Trinajstić information content (AvgIpc) is 2.48. The third-order valence-corrected chi connectivity index (χ3v) is 3.73. The molecule has 0 spiro atoms. The Kier molecular flexibility index (Phi) is 5.11. The monoisotopic (exact) mass is 339 g/mol. The van der Waals surface area contributed by atoms with Gasteiger partial charge in [-0.15, -0.1) is 0 Å². The molecule has 0 radical (unpaired) electrons. The number of hydrogen-bond donors (Lipinski definition) is 2. The number of rotatable bonds is 5. The summed E-state index contributed by atoms with van der Waals surface area (Å²) in [4.78, 5) is 3.92. The summed E-state index contributed by atoms with van der Waals surface area (Å²) in [6.45, 7) is 1.81. The number of nitrogen functional groups attached to an aromatic ring is 1. The number of methoxy groups -OCH3 is 1. The van der Waals surface area contributed by atoms with Crippen molar-refractivity contribution >= 4 is 35.1 Å². The van der Waals surface area contributed by atoms with Gasteiger partial charge in [0.25, 0.3) is 0 Å². The lowest BCUT2D eigenvalue weighted by Crippen LogP contribution is -2.07. The number of nitrogens with one attached hydrogen (secondary N) is 1. The molecule has 1 aromatic heterocycles. The molecular weight excluding hydrogens is 325 g/mol. The van der Waals surface area contributed by atoms with Crippen LogP contribution in [0.15, 0.2) is 24.5 Å². The summed E-state index contributed by atoms with van der Waals surface area (Å²) in [6, 6.07) is 3.25. The summed E-state index contributed by atoms with van der Waals surface area (Å²) < 4.78 is 11.2.